The van der Waals surface area contributed by atoms with E-state index in [9.17, 15) is 4.79 Å². The number of nitrogens with zero attached hydrogens (tertiary/aromatic N) is 1. The Kier molecular flexibility index (Phi) is 3.33. The number of rotatable bonds is 4. The van der Waals surface area contributed by atoms with Gasteiger partial charge in [-0.2, -0.15) is 0 Å². The third kappa shape index (κ3) is 2.01. The highest BCUT2D eigenvalue weighted by atomic mass is 16.2. The van der Waals surface area contributed by atoms with E-state index in [-0.39, 0.29) is 11.9 Å². The largest absolute Gasteiger partial charge is 0.345 e. The van der Waals surface area contributed by atoms with Crippen molar-refractivity contribution in [3.05, 3.63) is 12.2 Å². The fraction of sp³-hybridized carbons (Fsp3) is 0.769. The van der Waals surface area contributed by atoms with Crippen molar-refractivity contribution in [1.82, 2.24) is 10.2 Å². The fourth-order valence-electron chi connectivity index (χ4n) is 2.79. The predicted molar refractivity (Wildman–Crippen MR) is 65.1 cm³/mol. The predicted octanol–water partition coefficient (Wildman–Crippen LogP) is 1.41. The van der Waals surface area contributed by atoms with Crippen LogP contribution in [0.2, 0.25) is 0 Å². The van der Waals surface area contributed by atoms with Crippen LogP contribution in [0.5, 0.6) is 0 Å². The molecule has 3 heteroatoms. The summed E-state index contributed by atoms with van der Waals surface area (Å²) in [7, 11) is 1.86. The quantitative estimate of drug-likeness (QED) is 0.729. The third-order valence-electron chi connectivity index (χ3n) is 4.05. The summed E-state index contributed by atoms with van der Waals surface area (Å²) in [6, 6.07) is 0.470. The van der Waals surface area contributed by atoms with E-state index in [1.54, 1.807) is 4.90 Å². The molecule has 90 valence electrons. The molecule has 0 aromatic heterocycles. The van der Waals surface area contributed by atoms with Crippen molar-refractivity contribution in [3.8, 4) is 0 Å². The SMILES string of the molecule is CCN(C)C(=O)C(C)NC1CC2CC=CC21. The van der Waals surface area contributed by atoms with Crippen LogP contribution in [0.25, 0.3) is 0 Å². The Bertz CT molecular complexity index is 300. The maximum atomic E-state index is 11.9. The molecule has 0 aliphatic heterocycles. The van der Waals surface area contributed by atoms with Gasteiger partial charge in [-0.3, -0.25) is 4.79 Å². The lowest BCUT2D eigenvalue weighted by molar-refractivity contribution is -0.132. The monoisotopic (exact) mass is 222 g/mol. The van der Waals surface area contributed by atoms with E-state index < -0.39 is 0 Å². The lowest BCUT2D eigenvalue weighted by atomic mass is 9.71. The van der Waals surface area contributed by atoms with Crippen molar-refractivity contribution < 1.29 is 4.79 Å². The van der Waals surface area contributed by atoms with Crippen molar-refractivity contribution in [2.45, 2.75) is 38.8 Å². The van der Waals surface area contributed by atoms with Crippen LogP contribution in [0.4, 0.5) is 0 Å². The van der Waals surface area contributed by atoms with Crippen LogP contribution >= 0.6 is 0 Å². The molecule has 0 aromatic rings. The van der Waals surface area contributed by atoms with Crippen molar-refractivity contribution in [2.24, 2.45) is 11.8 Å². The minimum absolute atomic E-state index is 0.0510. The van der Waals surface area contributed by atoms with Crippen molar-refractivity contribution in [1.29, 1.82) is 0 Å². The topological polar surface area (TPSA) is 32.3 Å². The Labute approximate surface area is 97.9 Å². The molecule has 2 aliphatic rings. The van der Waals surface area contributed by atoms with Gasteiger partial charge in [-0.15, -0.1) is 0 Å². The number of fused-ring (bicyclic) bond motifs is 1. The van der Waals surface area contributed by atoms with Gasteiger partial charge < -0.3 is 10.2 Å². The zero-order valence-electron chi connectivity index (χ0n) is 10.4. The molecule has 1 fully saturated rings. The number of nitrogens with one attached hydrogen (secondary N) is 1. The molecular weight excluding hydrogens is 200 g/mol. The lowest BCUT2D eigenvalue weighted by Gasteiger charge is -2.42. The second-order valence-electron chi connectivity index (χ2n) is 5.08. The normalized spacial score (nSPS) is 33.1. The summed E-state index contributed by atoms with van der Waals surface area (Å²) in [6.45, 7) is 4.76. The summed E-state index contributed by atoms with van der Waals surface area (Å²) < 4.78 is 0. The first-order chi connectivity index (χ1) is 7.63. The van der Waals surface area contributed by atoms with Gasteiger partial charge in [-0.05, 0) is 38.5 Å². The molecule has 1 N–H and O–H groups in total. The molecule has 3 nitrogen and oxygen atoms in total. The van der Waals surface area contributed by atoms with Crippen LogP contribution in [-0.4, -0.2) is 36.5 Å². The first-order valence-corrected chi connectivity index (χ1v) is 6.31. The molecule has 16 heavy (non-hydrogen) atoms. The molecule has 1 saturated carbocycles. The number of amides is 1. The van der Waals surface area contributed by atoms with Crippen molar-refractivity contribution in [2.75, 3.05) is 13.6 Å². The zero-order chi connectivity index (χ0) is 11.7. The van der Waals surface area contributed by atoms with Gasteiger partial charge in [0.2, 0.25) is 5.91 Å². The number of carbonyl (C=O) groups is 1. The van der Waals surface area contributed by atoms with Gasteiger partial charge in [0.15, 0.2) is 0 Å². The Morgan fingerprint density at radius 1 is 1.62 bits per heavy atom. The van der Waals surface area contributed by atoms with Crippen LogP contribution in [0.3, 0.4) is 0 Å². The Balaban J connectivity index is 1.81. The van der Waals surface area contributed by atoms with Crippen molar-refractivity contribution in [3.63, 3.8) is 0 Å². The zero-order valence-corrected chi connectivity index (χ0v) is 10.4. The van der Waals surface area contributed by atoms with Gasteiger partial charge in [0.25, 0.3) is 0 Å². The maximum absolute atomic E-state index is 11.9. The van der Waals surface area contributed by atoms with E-state index >= 15 is 0 Å². The van der Waals surface area contributed by atoms with Gasteiger partial charge in [0, 0.05) is 19.6 Å². The molecule has 0 radical (unpaired) electrons. The summed E-state index contributed by atoms with van der Waals surface area (Å²) in [5.41, 5.74) is 0. The van der Waals surface area contributed by atoms with E-state index in [4.69, 9.17) is 0 Å². The lowest BCUT2D eigenvalue weighted by Crippen LogP contribution is -2.55. The second-order valence-corrected chi connectivity index (χ2v) is 5.08. The highest BCUT2D eigenvalue weighted by molar-refractivity contribution is 5.81. The van der Waals surface area contributed by atoms with Crippen LogP contribution in [0, 0.1) is 11.8 Å². The molecular formula is C13H22N2O. The van der Waals surface area contributed by atoms with Gasteiger partial charge in [0.1, 0.15) is 0 Å². The molecule has 4 unspecified atom stereocenters. The van der Waals surface area contributed by atoms with E-state index in [0.29, 0.717) is 12.0 Å². The fourth-order valence-corrected chi connectivity index (χ4v) is 2.79. The van der Waals surface area contributed by atoms with Gasteiger partial charge in [-0.1, -0.05) is 12.2 Å². The molecule has 4 atom stereocenters. The van der Waals surface area contributed by atoms with Crippen LogP contribution in [0.15, 0.2) is 12.2 Å². The average molecular weight is 222 g/mol. The standard InChI is InChI=1S/C13H22N2O/c1-4-15(3)13(16)9(2)14-12-8-10-6-5-7-11(10)12/h5,7,9-12,14H,4,6,8H2,1-3H3. The summed E-state index contributed by atoms with van der Waals surface area (Å²) in [6.07, 6.45) is 7.05. The Hall–Kier alpha value is -0.830. The molecule has 1 amide bonds. The smallest absolute Gasteiger partial charge is 0.239 e. The third-order valence-corrected chi connectivity index (χ3v) is 4.05. The minimum Gasteiger partial charge on any atom is -0.345 e. The van der Waals surface area contributed by atoms with E-state index in [1.807, 2.05) is 20.9 Å². The summed E-state index contributed by atoms with van der Waals surface area (Å²) in [5.74, 6) is 1.74. The summed E-state index contributed by atoms with van der Waals surface area (Å²) in [5, 5.41) is 3.46. The first-order valence-electron chi connectivity index (χ1n) is 6.31. The number of allylic oxidation sites excluding steroid dienone is 1. The molecule has 0 aromatic carbocycles. The van der Waals surface area contributed by atoms with Crippen LogP contribution in [-0.2, 0) is 4.79 Å². The molecule has 2 rings (SSSR count). The second kappa shape index (κ2) is 4.58. The highest BCUT2D eigenvalue weighted by Gasteiger charge is 2.41. The minimum atomic E-state index is -0.0510. The molecule has 0 heterocycles. The first kappa shape index (κ1) is 11.6. The maximum Gasteiger partial charge on any atom is 0.239 e. The summed E-state index contributed by atoms with van der Waals surface area (Å²) in [4.78, 5) is 13.7. The van der Waals surface area contributed by atoms with Crippen molar-refractivity contribution >= 4 is 5.91 Å². The van der Waals surface area contributed by atoms with Gasteiger partial charge >= 0.3 is 0 Å². The molecule has 2 aliphatic carbocycles. The molecule has 0 bridgehead atoms. The number of hydrogen-bond acceptors (Lipinski definition) is 2. The highest BCUT2D eigenvalue weighted by Crippen LogP contribution is 2.42. The van der Waals surface area contributed by atoms with E-state index in [1.165, 1.54) is 12.8 Å². The van der Waals surface area contributed by atoms with Crippen LogP contribution in [0.1, 0.15) is 26.7 Å². The number of hydrogen-bond donors (Lipinski definition) is 1. The number of likely N-dealkylation sites (N-methyl/N-ethyl adjacent to an activating group) is 1. The Morgan fingerprint density at radius 3 is 3.00 bits per heavy atom. The average Bonchev–Trinajstić information content (AvgIpc) is 2.65. The number of carbonyl (C=O) groups excluding carboxylic acids is 1. The summed E-state index contributed by atoms with van der Waals surface area (Å²) >= 11 is 0. The van der Waals surface area contributed by atoms with Crippen LogP contribution < -0.4 is 5.32 Å². The van der Waals surface area contributed by atoms with Gasteiger partial charge in [0.05, 0.1) is 6.04 Å². The van der Waals surface area contributed by atoms with E-state index in [0.717, 1.165) is 12.5 Å². The van der Waals surface area contributed by atoms with Gasteiger partial charge in [-0.25, -0.2) is 0 Å². The molecule has 0 saturated heterocycles. The van der Waals surface area contributed by atoms with E-state index in [2.05, 4.69) is 17.5 Å². The Morgan fingerprint density at radius 2 is 2.38 bits per heavy atom. The molecule has 0 spiro atoms.